The zero-order valence-corrected chi connectivity index (χ0v) is 34.3. The number of nitrogens with zero attached hydrogens (tertiary/aromatic N) is 2. The largest absolute Gasteiger partial charge is 0.501 e. The van der Waals surface area contributed by atoms with Gasteiger partial charge in [0.1, 0.15) is 0 Å². The molecule has 6 nitrogen and oxygen atoms in total. The van der Waals surface area contributed by atoms with Crippen LogP contribution in [0, 0.1) is 0 Å². The summed E-state index contributed by atoms with van der Waals surface area (Å²) in [4.78, 5) is 4.56. The normalized spacial score (nSPS) is 10.7. The zero-order chi connectivity index (χ0) is 41.8. The molecule has 0 spiro atoms. The van der Waals surface area contributed by atoms with Crippen LogP contribution in [0.3, 0.4) is 0 Å². The van der Waals surface area contributed by atoms with Crippen LogP contribution in [0.4, 0.5) is 34.1 Å². The second kappa shape index (κ2) is 22.7. The molecule has 6 heteroatoms. The van der Waals surface area contributed by atoms with Gasteiger partial charge in [-0.3, -0.25) is 0 Å². The molecule has 6 aromatic carbocycles. The van der Waals surface area contributed by atoms with Gasteiger partial charge in [-0.15, -0.1) is 0 Å². The summed E-state index contributed by atoms with van der Waals surface area (Å²) in [6.45, 7) is 17.0. The lowest BCUT2D eigenvalue weighted by atomic mass is 10.1. The molecule has 0 N–H and O–H groups in total. The van der Waals surface area contributed by atoms with Crippen LogP contribution in [0.15, 0.2) is 197 Å². The Labute approximate surface area is 356 Å². The Morgan fingerprint density at radius 2 is 0.500 bits per heavy atom. The van der Waals surface area contributed by atoms with Crippen LogP contribution in [-0.4, -0.2) is 26.4 Å². The van der Waals surface area contributed by atoms with Crippen molar-refractivity contribution in [2.24, 2.45) is 0 Å². The summed E-state index contributed by atoms with van der Waals surface area (Å²) in [6.07, 6.45) is 13.5. The Morgan fingerprint density at radius 3 is 0.700 bits per heavy atom. The summed E-state index contributed by atoms with van der Waals surface area (Å²) in [5, 5.41) is 0. The van der Waals surface area contributed by atoms with Crippen LogP contribution < -0.4 is 9.80 Å². The molecule has 6 rings (SSSR count). The minimum Gasteiger partial charge on any atom is -0.501 e. The molecule has 6 aromatic rings. The van der Waals surface area contributed by atoms with E-state index in [0.717, 1.165) is 70.9 Å². The van der Waals surface area contributed by atoms with Crippen LogP contribution in [0.5, 0.6) is 0 Å². The molecule has 0 amide bonds. The van der Waals surface area contributed by atoms with Crippen LogP contribution in [0.1, 0.15) is 33.4 Å². The van der Waals surface area contributed by atoms with E-state index in [4.69, 9.17) is 18.9 Å². The summed E-state index contributed by atoms with van der Waals surface area (Å²) >= 11 is 0. The molecular weight excluding hydrogens is 741 g/mol. The Morgan fingerprint density at radius 1 is 0.300 bits per heavy atom. The smallest absolute Gasteiger partial charge is 0.0913 e. The fraction of sp³-hybridized carbons (Fsp3) is 0.148. The number of hydrogen-bond donors (Lipinski definition) is 0. The van der Waals surface area contributed by atoms with E-state index >= 15 is 0 Å². The maximum Gasteiger partial charge on any atom is 0.0913 e. The Hall–Kier alpha value is -7.18. The van der Waals surface area contributed by atoms with Crippen molar-refractivity contribution < 1.29 is 18.9 Å². The summed E-state index contributed by atoms with van der Waals surface area (Å²) < 4.78 is 21.4. The molecule has 304 valence electrons. The van der Waals surface area contributed by atoms with Gasteiger partial charge < -0.3 is 28.7 Å². The van der Waals surface area contributed by atoms with Gasteiger partial charge in [-0.05, 0) is 106 Å². The van der Waals surface area contributed by atoms with Gasteiger partial charge in [-0.25, -0.2) is 0 Å². The number of ether oxygens (including phenoxy) is 4. The third-order valence-electron chi connectivity index (χ3n) is 10.1. The maximum absolute atomic E-state index is 5.36. The van der Waals surface area contributed by atoms with Gasteiger partial charge in [0.25, 0.3) is 0 Å². The molecule has 0 aliphatic carbocycles. The Balaban J connectivity index is 1.20. The van der Waals surface area contributed by atoms with Gasteiger partial charge >= 0.3 is 0 Å². The van der Waals surface area contributed by atoms with E-state index in [-0.39, 0.29) is 0 Å². The van der Waals surface area contributed by atoms with Gasteiger partial charge in [0.15, 0.2) is 0 Å². The van der Waals surface area contributed by atoms with Crippen molar-refractivity contribution in [3.8, 4) is 0 Å². The molecule has 0 fully saturated rings. The van der Waals surface area contributed by atoms with E-state index < -0.39 is 0 Å². The van der Waals surface area contributed by atoms with Crippen molar-refractivity contribution >= 4 is 46.3 Å². The molecule has 0 radical (unpaired) electrons. The number of hydrogen-bond acceptors (Lipinski definition) is 6. The van der Waals surface area contributed by atoms with E-state index in [1.807, 2.05) is 0 Å². The van der Waals surface area contributed by atoms with Gasteiger partial charge in [0.05, 0.1) is 51.5 Å². The monoisotopic (exact) mass is 794 g/mol. The molecule has 0 bridgehead atoms. The number of rotatable bonds is 24. The average molecular weight is 795 g/mol. The summed E-state index contributed by atoms with van der Waals surface area (Å²) in [7, 11) is 0. The van der Waals surface area contributed by atoms with Gasteiger partial charge in [-0.2, -0.15) is 0 Å². The molecule has 0 heterocycles. The minimum absolute atomic E-state index is 0.603. The van der Waals surface area contributed by atoms with E-state index in [1.165, 1.54) is 47.3 Å². The fourth-order valence-corrected chi connectivity index (χ4v) is 6.84. The predicted molar refractivity (Wildman–Crippen MR) is 251 cm³/mol. The van der Waals surface area contributed by atoms with Crippen molar-refractivity contribution in [1.82, 2.24) is 0 Å². The van der Waals surface area contributed by atoms with Crippen LogP contribution in [0.2, 0.25) is 0 Å². The van der Waals surface area contributed by atoms with Gasteiger partial charge in [0.2, 0.25) is 0 Å². The molecular formula is C54H54N2O4. The SMILES string of the molecule is C=COCCc1ccc(N(c2ccc(/C=C/c3ccc(N(c4ccc(CCOC=C)cc4)c4ccc(CCOC=C)cc4)cc3)cc2)c2ccc(CCOC=C)cc2)cc1. The van der Waals surface area contributed by atoms with Crippen LogP contribution in [0.25, 0.3) is 12.2 Å². The molecule has 0 atom stereocenters. The molecule has 0 aliphatic heterocycles. The highest BCUT2D eigenvalue weighted by molar-refractivity contribution is 5.80. The second-order valence-corrected chi connectivity index (χ2v) is 14.0. The van der Waals surface area contributed by atoms with Crippen molar-refractivity contribution in [3.63, 3.8) is 0 Å². The highest BCUT2D eigenvalue weighted by Crippen LogP contribution is 2.37. The van der Waals surface area contributed by atoms with Crippen LogP contribution >= 0.6 is 0 Å². The second-order valence-electron chi connectivity index (χ2n) is 14.0. The first kappa shape index (κ1) is 42.4. The third kappa shape index (κ3) is 12.2. The average Bonchev–Trinajstić information content (AvgIpc) is 3.29. The fourth-order valence-electron chi connectivity index (χ4n) is 6.84. The first-order chi connectivity index (χ1) is 29.6. The molecule has 0 saturated carbocycles. The molecule has 60 heavy (non-hydrogen) atoms. The number of benzene rings is 6. The maximum atomic E-state index is 5.36. The first-order valence-electron chi connectivity index (χ1n) is 20.3. The van der Waals surface area contributed by atoms with Gasteiger partial charge in [-0.1, -0.05) is 111 Å². The molecule has 0 unspecified atom stereocenters. The van der Waals surface area contributed by atoms with E-state index in [9.17, 15) is 0 Å². The van der Waals surface area contributed by atoms with Crippen molar-refractivity contribution in [2.45, 2.75) is 25.7 Å². The van der Waals surface area contributed by atoms with Crippen molar-refractivity contribution in [2.75, 3.05) is 36.2 Å². The van der Waals surface area contributed by atoms with Gasteiger partial charge in [0, 0.05) is 59.8 Å². The highest BCUT2D eigenvalue weighted by Gasteiger charge is 2.15. The quantitative estimate of drug-likeness (QED) is 0.0345. The number of anilines is 6. The zero-order valence-electron chi connectivity index (χ0n) is 34.3. The molecule has 0 aliphatic rings. The standard InChI is InChI=1S/C54H54N2O4/c1-5-57-39-35-45-15-27-51(28-16-45)55(52-29-17-46(18-30-52)36-40-58-6-2)49-23-11-43(12-24-49)9-10-44-13-25-50(26-14-44)56(53-31-19-47(20-32-53)37-41-59-7-3)54-33-21-48(22-34-54)38-42-60-8-4/h5-34H,1-4,35-42H2/b10-9+. The Bertz CT molecular complexity index is 1980. The minimum atomic E-state index is 0.603. The summed E-state index contributed by atoms with van der Waals surface area (Å²) in [5.74, 6) is 0. The topological polar surface area (TPSA) is 43.4 Å². The Kier molecular flexibility index (Phi) is 16.0. The van der Waals surface area contributed by atoms with E-state index in [1.54, 1.807) is 0 Å². The van der Waals surface area contributed by atoms with E-state index in [2.05, 4.69) is 194 Å². The van der Waals surface area contributed by atoms with Crippen molar-refractivity contribution in [3.05, 3.63) is 230 Å². The summed E-state index contributed by atoms with van der Waals surface area (Å²) in [5.41, 5.74) is 13.5. The highest BCUT2D eigenvalue weighted by atomic mass is 16.5. The molecule has 0 saturated heterocycles. The molecule has 0 aromatic heterocycles. The summed E-state index contributed by atoms with van der Waals surface area (Å²) in [6, 6.07) is 52.0. The van der Waals surface area contributed by atoms with E-state index in [0.29, 0.717) is 26.4 Å². The first-order valence-corrected chi connectivity index (χ1v) is 20.3. The van der Waals surface area contributed by atoms with Crippen LogP contribution in [-0.2, 0) is 44.6 Å². The van der Waals surface area contributed by atoms with Crippen molar-refractivity contribution in [1.29, 1.82) is 0 Å². The third-order valence-corrected chi connectivity index (χ3v) is 10.1. The lowest BCUT2D eigenvalue weighted by molar-refractivity contribution is 0.255. The predicted octanol–water partition coefficient (Wildman–Crippen LogP) is 13.6. The lowest BCUT2D eigenvalue weighted by Gasteiger charge is -2.26. The lowest BCUT2D eigenvalue weighted by Crippen LogP contribution is -2.10.